The number of ether oxygens (including phenoxy) is 2. The fourth-order valence-electron chi connectivity index (χ4n) is 3.84. The van der Waals surface area contributed by atoms with E-state index in [4.69, 9.17) is 9.47 Å². The Balaban J connectivity index is 1.49. The minimum Gasteiger partial charge on any atom is -0.493 e. The Hall–Kier alpha value is -2.54. The first-order valence-electron chi connectivity index (χ1n) is 9.64. The number of hydrogen-bond donors (Lipinski definition) is 3. The Labute approximate surface area is 158 Å². The molecule has 1 amide bonds. The number of benzene rings is 1. The summed E-state index contributed by atoms with van der Waals surface area (Å²) in [6.45, 7) is 1.94. The second kappa shape index (κ2) is 8.00. The molecule has 27 heavy (non-hydrogen) atoms. The molecule has 2 aliphatic rings. The summed E-state index contributed by atoms with van der Waals surface area (Å²) < 4.78 is 11.7. The standard InChI is InChI=1S/C20H26N4O3/c1-26-17-8-4-5-13(19(17)27-14-6-2-3-7-14)11-22-20(25)18-15-12-21-10-9-16(15)23-24-18/h4-5,8,14,21H,2-3,6-7,9-12H2,1H3,(H,22,25)(H,23,24). The number of carbonyl (C=O) groups excluding carboxylic acids is 1. The molecule has 0 radical (unpaired) electrons. The van der Waals surface area contributed by atoms with Gasteiger partial charge in [-0.3, -0.25) is 9.89 Å². The minimum absolute atomic E-state index is 0.175. The fourth-order valence-corrected chi connectivity index (χ4v) is 3.84. The van der Waals surface area contributed by atoms with E-state index >= 15 is 0 Å². The van der Waals surface area contributed by atoms with Gasteiger partial charge in [-0.05, 0) is 31.7 Å². The second-order valence-corrected chi connectivity index (χ2v) is 7.11. The van der Waals surface area contributed by atoms with Gasteiger partial charge < -0.3 is 20.1 Å². The van der Waals surface area contributed by atoms with Gasteiger partial charge in [0, 0.05) is 42.9 Å². The number of nitrogens with one attached hydrogen (secondary N) is 3. The molecule has 1 fully saturated rings. The molecular weight excluding hydrogens is 344 g/mol. The third-order valence-corrected chi connectivity index (χ3v) is 5.33. The summed E-state index contributed by atoms with van der Waals surface area (Å²) in [5.41, 5.74) is 3.40. The quantitative estimate of drug-likeness (QED) is 0.726. The lowest BCUT2D eigenvalue weighted by Gasteiger charge is -2.19. The lowest BCUT2D eigenvalue weighted by atomic mass is 10.1. The van der Waals surface area contributed by atoms with E-state index in [1.54, 1.807) is 7.11 Å². The average Bonchev–Trinajstić information content (AvgIpc) is 3.36. The Morgan fingerprint density at radius 2 is 2.19 bits per heavy atom. The number of methoxy groups -OCH3 is 1. The number of H-pyrrole nitrogens is 1. The van der Waals surface area contributed by atoms with Gasteiger partial charge in [-0.15, -0.1) is 0 Å². The zero-order valence-corrected chi connectivity index (χ0v) is 15.6. The summed E-state index contributed by atoms with van der Waals surface area (Å²) in [6, 6.07) is 5.78. The van der Waals surface area contributed by atoms with Crippen molar-refractivity contribution in [3.8, 4) is 11.5 Å². The van der Waals surface area contributed by atoms with E-state index in [1.807, 2.05) is 18.2 Å². The van der Waals surface area contributed by atoms with Crippen LogP contribution in [0, 0.1) is 0 Å². The van der Waals surface area contributed by atoms with Crippen LogP contribution in [0.5, 0.6) is 11.5 Å². The van der Waals surface area contributed by atoms with E-state index < -0.39 is 0 Å². The van der Waals surface area contributed by atoms with Crippen LogP contribution in [0.25, 0.3) is 0 Å². The van der Waals surface area contributed by atoms with Crippen molar-refractivity contribution < 1.29 is 14.3 Å². The van der Waals surface area contributed by atoms with Crippen molar-refractivity contribution in [3.63, 3.8) is 0 Å². The summed E-state index contributed by atoms with van der Waals surface area (Å²) in [5, 5.41) is 13.5. The molecular formula is C20H26N4O3. The molecule has 4 rings (SSSR count). The molecule has 0 bridgehead atoms. The van der Waals surface area contributed by atoms with Crippen LogP contribution in [0.4, 0.5) is 0 Å². The lowest BCUT2D eigenvalue weighted by molar-refractivity contribution is 0.0944. The SMILES string of the molecule is COc1cccc(CNC(=O)c2n[nH]c3c2CNCC3)c1OC1CCCC1. The van der Waals surface area contributed by atoms with Crippen LogP contribution in [0.15, 0.2) is 18.2 Å². The number of para-hydroxylation sites is 1. The molecule has 1 aromatic carbocycles. The molecule has 1 aliphatic carbocycles. The topological polar surface area (TPSA) is 88.3 Å². The molecule has 3 N–H and O–H groups in total. The normalized spacial score (nSPS) is 16.8. The largest absolute Gasteiger partial charge is 0.493 e. The number of aromatic nitrogens is 2. The maximum absolute atomic E-state index is 12.7. The number of nitrogens with zero attached hydrogens (tertiary/aromatic N) is 1. The number of amides is 1. The molecule has 1 aliphatic heterocycles. The summed E-state index contributed by atoms with van der Waals surface area (Å²) >= 11 is 0. The van der Waals surface area contributed by atoms with Gasteiger partial charge in [0.15, 0.2) is 17.2 Å². The van der Waals surface area contributed by atoms with Crippen molar-refractivity contribution in [2.45, 2.75) is 51.3 Å². The third-order valence-electron chi connectivity index (χ3n) is 5.33. The van der Waals surface area contributed by atoms with E-state index in [9.17, 15) is 4.79 Å². The highest BCUT2D eigenvalue weighted by Gasteiger charge is 2.23. The molecule has 0 unspecified atom stereocenters. The third kappa shape index (κ3) is 3.78. The number of aromatic amines is 1. The van der Waals surface area contributed by atoms with Crippen molar-refractivity contribution in [2.24, 2.45) is 0 Å². The van der Waals surface area contributed by atoms with E-state index in [0.717, 1.165) is 48.4 Å². The molecule has 2 heterocycles. The Morgan fingerprint density at radius 3 is 3.00 bits per heavy atom. The van der Waals surface area contributed by atoms with Crippen LogP contribution in [0.1, 0.15) is 53.0 Å². The molecule has 0 atom stereocenters. The summed E-state index contributed by atoms with van der Waals surface area (Å²) in [7, 11) is 1.64. The van der Waals surface area contributed by atoms with Crippen molar-refractivity contribution in [1.82, 2.24) is 20.8 Å². The van der Waals surface area contributed by atoms with Gasteiger partial charge in [0.25, 0.3) is 5.91 Å². The van der Waals surface area contributed by atoms with Crippen molar-refractivity contribution in [1.29, 1.82) is 0 Å². The van der Waals surface area contributed by atoms with E-state index in [2.05, 4.69) is 20.8 Å². The van der Waals surface area contributed by atoms with Crippen molar-refractivity contribution in [2.75, 3.05) is 13.7 Å². The zero-order chi connectivity index (χ0) is 18.6. The minimum atomic E-state index is -0.175. The van der Waals surface area contributed by atoms with Crippen LogP contribution in [-0.4, -0.2) is 35.9 Å². The molecule has 144 valence electrons. The van der Waals surface area contributed by atoms with Gasteiger partial charge in [0.05, 0.1) is 13.2 Å². The first-order chi connectivity index (χ1) is 13.3. The highest BCUT2D eigenvalue weighted by molar-refractivity contribution is 5.94. The monoisotopic (exact) mass is 370 g/mol. The number of fused-ring (bicyclic) bond motifs is 1. The Bertz CT molecular complexity index is 812. The molecule has 1 saturated carbocycles. The van der Waals surface area contributed by atoms with Crippen LogP contribution < -0.4 is 20.1 Å². The van der Waals surface area contributed by atoms with Gasteiger partial charge in [-0.25, -0.2) is 0 Å². The van der Waals surface area contributed by atoms with Gasteiger partial charge >= 0.3 is 0 Å². The maximum atomic E-state index is 12.7. The molecule has 0 saturated heterocycles. The van der Waals surface area contributed by atoms with E-state index in [1.165, 1.54) is 12.8 Å². The van der Waals surface area contributed by atoms with E-state index in [0.29, 0.717) is 24.5 Å². The first-order valence-corrected chi connectivity index (χ1v) is 9.64. The fraction of sp³-hybridized carbons (Fsp3) is 0.500. The predicted molar refractivity (Wildman–Crippen MR) is 101 cm³/mol. The molecule has 2 aromatic rings. The lowest BCUT2D eigenvalue weighted by Crippen LogP contribution is -2.28. The first kappa shape index (κ1) is 17.9. The summed E-state index contributed by atoms with van der Waals surface area (Å²) in [5.74, 6) is 1.26. The van der Waals surface area contributed by atoms with Crippen LogP contribution in [0.2, 0.25) is 0 Å². The van der Waals surface area contributed by atoms with Gasteiger partial charge in [-0.2, -0.15) is 5.10 Å². The smallest absolute Gasteiger partial charge is 0.272 e. The molecule has 7 heteroatoms. The average molecular weight is 370 g/mol. The second-order valence-electron chi connectivity index (χ2n) is 7.11. The number of carbonyl (C=O) groups is 1. The molecule has 1 aromatic heterocycles. The van der Waals surface area contributed by atoms with Crippen LogP contribution in [0.3, 0.4) is 0 Å². The van der Waals surface area contributed by atoms with Crippen molar-refractivity contribution >= 4 is 5.91 Å². The van der Waals surface area contributed by atoms with Crippen LogP contribution in [-0.2, 0) is 19.5 Å². The highest BCUT2D eigenvalue weighted by atomic mass is 16.5. The number of hydrogen-bond acceptors (Lipinski definition) is 5. The summed E-state index contributed by atoms with van der Waals surface area (Å²) in [6.07, 6.45) is 5.62. The summed E-state index contributed by atoms with van der Waals surface area (Å²) in [4.78, 5) is 12.7. The van der Waals surface area contributed by atoms with Gasteiger partial charge in [0.2, 0.25) is 0 Å². The number of rotatable bonds is 6. The molecule has 7 nitrogen and oxygen atoms in total. The van der Waals surface area contributed by atoms with Gasteiger partial charge in [0.1, 0.15) is 0 Å². The van der Waals surface area contributed by atoms with Crippen LogP contribution >= 0.6 is 0 Å². The maximum Gasteiger partial charge on any atom is 0.272 e. The van der Waals surface area contributed by atoms with Gasteiger partial charge in [-0.1, -0.05) is 12.1 Å². The molecule has 0 spiro atoms. The Kier molecular flexibility index (Phi) is 5.29. The predicted octanol–water partition coefficient (Wildman–Crippen LogP) is 2.32. The van der Waals surface area contributed by atoms with Crippen molar-refractivity contribution in [3.05, 3.63) is 40.7 Å². The van der Waals surface area contributed by atoms with E-state index in [-0.39, 0.29) is 12.0 Å². The highest BCUT2D eigenvalue weighted by Crippen LogP contribution is 2.34. The zero-order valence-electron chi connectivity index (χ0n) is 15.6. The Morgan fingerprint density at radius 1 is 1.33 bits per heavy atom.